The molecule has 2 unspecified atom stereocenters. The van der Waals surface area contributed by atoms with Crippen molar-refractivity contribution in [2.24, 2.45) is 5.92 Å². The molecule has 18 heavy (non-hydrogen) atoms. The van der Waals surface area contributed by atoms with E-state index in [4.69, 9.17) is 5.11 Å². The number of carboxylic acid groups (broad SMARTS) is 1. The monoisotopic (exact) mass is 258 g/mol. The molecule has 0 aromatic heterocycles. The molecule has 4 N–H and O–H groups in total. The lowest BCUT2D eigenvalue weighted by Crippen LogP contribution is -2.53. The van der Waals surface area contributed by atoms with Crippen LogP contribution >= 0.6 is 0 Å². The topological polar surface area (TPSA) is 98.7 Å². The van der Waals surface area contributed by atoms with Crippen LogP contribution in [0.4, 0.5) is 4.79 Å². The van der Waals surface area contributed by atoms with Gasteiger partial charge in [0.15, 0.2) is 6.04 Å². The summed E-state index contributed by atoms with van der Waals surface area (Å²) in [5.74, 6) is -0.659. The molecule has 0 spiro atoms. The van der Waals surface area contributed by atoms with Crippen LogP contribution in [0.25, 0.3) is 0 Å². The predicted octanol–water partition coefficient (Wildman–Crippen LogP) is 0.698. The number of rotatable bonds is 4. The lowest BCUT2D eigenvalue weighted by molar-refractivity contribution is -0.141. The molecule has 1 saturated carbocycles. The van der Waals surface area contributed by atoms with Crippen molar-refractivity contribution in [2.45, 2.75) is 57.7 Å². The number of aliphatic carboxylic acids is 1. The maximum Gasteiger partial charge on any atom is 0.328 e. The Balaban J connectivity index is 2.42. The number of carbonyl (C=O) groups is 2. The first-order valence-electron chi connectivity index (χ1n) is 6.38. The SMILES string of the molecule is CC1CCCC(NC(=O)N[C@H](C(=O)O)[C@@H](C)O)C1. The van der Waals surface area contributed by atoms with Gasteiger partial charge >= 0.3 is 12.0 Å². The molecule has 2 amide bonds. The number of amides is 2. The summed E-state index contributed by atoms with van der Waals surface area (Å²) in [7, 11) is 0. The van der Waals surface area contributed by atoms with Crippen molar-refractivity contribution >= 4 is 12.0 Å². The Hall–Kier alpha value is -1.30. The van der Waals surface area contributed by atoms with Crippen LogP contribution in [0.15, 0.2) is 0 Å². The van der Waals surface area contributed by atoms with Crippen LogP contribution in [0, 0.1) is 5.92 Å². The van der Waals surface area contributed by atoms with Crippen LogP contribution in [-0.4, -0.2) is 40.4 Å². The third-order valence-corrected chi connectivity index (χ3v) is 3.31. The van der Waals surface area contributed by atoms with Crippen LogP contribution in [0.1, 0.15) is 39.5 Å². The zero-order chi connectivity index (χ0) is 13.7. The fourth-order valence-corrected chi connectivity index (χ4v) is 2.32. The Morgan fingerprint density at radius 1 is 1.33 bits per heavy atom. The molecule has 104 valence electrons. The number of carbonyl (C=O) groups excluding carboxylic acids is 1. The Morgan fingerprint density at radius 2 is 2.00 bits per heavy atom. The van der Waals surface area contributed by atoms with E-state index in [-0.39, 0.29) is 6.04 Å². The minimum atomic E-state index is -1.27. The van der Waals surface area contributed by atoms with Crippen LogP contribution in [0.5, 0.6) is 0 Å². The van der Waals surface area contributed by atoms with Crippen molar-refractivity contribution in [2.75, 3.05) is 0 Å². The van der Waals surface area contributed by atoms with E-state index in [0.29, 0.717) is 5.92 Å². The number of aliphatic hydroxyl groups excluding tert-OH is 1. The average Bonchev–Trinajstić information content (AvgIpc) is 2.25. The summed E-state index contributed by atoms with van der Waals surface area (Å²) < 4.78 is 0. The molecule has 0 bridgehead atoms. The zero-order valence-corrected chi connectivity index (χ0v) is 10.8. The van der Waals surface area contributed by atoms with Gasteiger partial charge in [0.25, 0.3) is 0 Å². The molecule has 1 aliphatic carbocycles. The zero-order valence-electron chi connectivity index (χ0n) is 10.8. The molecule has 6 nitrogen and oxygen atoms in total. The quantitative estimate of drug-likeness (QED) is 0.596. The Labute approximate surface area is 107 Å². The second-order valence-electron chi connectivity index (χ2n) is 5.14. The highest BCUT2D eigenvalue weighted by atomic mass is 16.4. The van der Waals surface area contributed by atoms with E-state index < -0.39 is 24.1 Å². The molecule has 4 atom stereocenters. The summed E-state index contributed by atoms with van der Waals surface area (Å²) in [4.78, 5) is 22.5. The molecular formula is C12H22N2O4. The summed E-state index contributed by atoms with van der Waals surface area (Å²) >= 11 is 0. The highest BCUT2D eigenvalue weighted by Crippen LogP contribution is 2.23. The number of aliphatic hydroxyl groups is 1. The average molecular weight is 258 g/mol. The van der Waals surface area contributed by atoms with Crippen molar-refractivity contribution in [3.05, 3.63) is 0 Å². The fraction of sp³-hybridized carbons (Fsp3) is 0.833. The van der Waals surface area contributed by atoms with Crippen LogP contribution < -0.4 is 10.6 Å². The molecule has 1 aliphatic rings. The molecular weight excluding hydrogens is 236 g/mol. The first-order valence-corrected chi connectivity index (χ1v) is 6.38. The van der Waals surface area contributed by atoms with Crippen LogP contribution in [-0.2, 0) is 4.79 Å². The molecule has 6 heteroatoms. The standard InChI is InChI=1S/C12H22N2O4/c1-7-4-3-5-9(6-7)13-12(18)14-10(8(2)15)11(16)17/h7-10,15H,3-6H2,1-2H3,(H,16,17)(H2,13,14,18)/t7?,8-,9?,10+/m1/s1. The Bertz CT molecular complexity index is 306. The van der Waals surface area contributed by atoms with Crippen molar-refractivity contribution in [3.8, 4) is 0 Å². The van der Waals surface area contributed by atoms with Crippen LogP contribution in [0.3, 0.4) is 0 Å². The second-order valence-corrected chi connectivity index (χ2v) is 5.14. The normalized spacial score (nSPS) is 27.1. The van der Waals surface area contributed by atoms with Gasteiger partial charge in [-0.05, 0) is 25.7 Å². The van der Waals surface area contributed by atoms with E-state index in [9.17, 15) is 14.7 Å². The molecule has 0 aromatic rings. The van der Waals surface area contributed by atoms with Crippen molar-refractivity contribution in [1.29, 1.82) is 0 Å². The highest BCUT2D eigenvalue weighted by molar-refractivity contribution is 5.83. The fourth-order valence-electron chi connectivity index (χ4n) is 2.32. The largest absolute Gasteiger partial charge is 0.480 e. The van der Waals surface area contributed by atoms with Gasteiger partial charge < -0.3 is 20.8 Å². The minimum absolute atomic E-state index is 0.0946. The van der Waals surface area contributed by atoms with Gasteiger partial charge in [-0.3, -0.25) is 0 Å². The Kier molecular flexibility index (Phi) is 5.40. The van der Waals surface area contributed by atoms with Gasteiger partial charge in [0.05, 0.1) is 6.10 Å². The van der Waals surface area contributed by atoms with Gasteiger partial charge in [0, 0.05) is 6.04 Å². The first kappa shape index (κ1) is 14.8. The van der Waals surface area contributed by atoms with Gasteiger partial charge in [0.2, 0.25) is 0 Å². The molecule has 0 aliphatic heterocycles. The molecule has 0 saturated heterocycles. The highest BCUT2D eigenvalue weighted by Gasteiger charge is 2.26. The second kappa shape index (κ2) is 6.58. The summed E-state index contributed by atoms with van der Waals surface area (Å²) in [6.07, 6.45) is 2.96. The summed E-state index contributed by atoms with van der Waals surface area (Å²) in [5, 5.41) is 23.1. The van der Waals surface area contributed by atoms with Gasteiger partial charge in [-0.2, -0.15) is 0 Å². The van der Waals surface area contributed by atoms with Crippen molar-refractivity contribution in [1.82, 2.24) is 10.6 Å². The van der Waals surface area contributed by atoms with Gasteiger partial charge in [-0.25, -0.2) is 9.59 Å². The van der Waals surface area contributed by atoms with E-state index >= 15 is 0 Å². The number of hydrogen-bond acceptors (Lipinski definition) is 3. The van der Waals surface area contributed by atoms with E-state index in [1.54, 1.807) is 0 Å². The molecule has 1 fully saturated rings. The summed E-state index contributed by atoms with van der Waals surface area (Å²) in [5.41, 5.74) is 0. The maximum atomic E-state index is 11.6. The lowest BCUT2D eigenvalue weighted by Gasteiger charge is -2.28. The number of nitrogens with one attached hydrogen (secondary N) is 2. The maximum absolute atomic E-state index is 11.6. The van der Waals surface area contributed by atoms with Crippen LogP contribution in [0.2, 0.25) is 0 Å². The van der Waals surface area contributed by atoms with Crippen molar-refractivity contribution in [3.63, 3.8) is 0 Å². The van der Waals surface area contributed by atoms with Gasteiger partial charge in [-0.1, -0.05) is 19.8 Å². The summed E-state index contributed by atoms with van der Waals surface area (Å²) in [6, 6.07) is -1.70. The van der Waals surface area contributed by atoms with Gasteiger partial charge in [0.1, 0.15) is 0 Å². The first-order chi connectivity index (χ1) is 8.40. The predicted molar refractivity (Wildman–Crippen MR) is 66.2 cm³/mol. The van der Waals surface area contributed by atoms with E-state index in [2.05, 4.69) is 17.6 Å². The summed E-state index contributed by atoms with van der Waals surface area (Å²) in [6.45, 7) is 3.48. The number of urea groups is 1. The van der Waals surface area contributed by atoms with Gasteiger partial charge in [-0.15, -0.1) is 0 Å². The van der Waals surface area contributed by atoms with Crippen molar-refractivity contribution < 1.29 is 19.8 Å². The molecule has 0 radical (unpaired) electrons. The number of hydrogen-bond donors (Lipinski definition) is 4. The third kappa shape index (κ3) is 4.52. The molecule has 1 rings (SSSR count). The van der Waals surface area contributed by atoms with E-state index in [1.807, 2.05) is 0 Å². The minimum Gasteiger partial charge on any atom is -0.480 e. The van der Waals surface area contributed by atoms with E-state index in [1.165, 1.54) is 13.3 Å². The number of carboxylic acids is 1. The Morgan fingerprint density at radius 3 is 2.50 bits per heavy atom. The smallest absolute Gasteiger partial charge is 0.328 e. The van der Waals surface area contributed by atoms with E-state index in [0.717, 1.165) is 19.3 Å². The molecule has 0 aromatic carbocycles. The lowest BCUT2D eigenvalue weighted by atomic mass is 9.87. The third-order valence-electron chi connectivity index (χ3n) is 3.31. The molecule has 0 heterocycles.